The van der Waals surface area contributed by atoms with Gasteiger partial charge in [0, 0.05) is 30.7 Å². The first-order valence-corrected chi connectivity index (χ1v) is 8.08. The molecule has 0 aliphatic carbocycles. The van der Waals surface area contributed by atoms with Gasteiger partial charge in [-0.15, -0.1) is 0 Å². The molecule has 0 amide bonds. The molecule has 4 nitrogen and oxygen atoms in total. The molecule has 0 bridgehead atoms. The Balaban J connectivity index is 1.86. The van der Waals surface area contributed by atoms with Crippen molar-refractivity contribution in [3.63, 3.8) is 0 Å². The van der Waals surface area contributed by atoms with Crippen LogP contribution in [0.1, 0.15) is 17.9 Å². The van der Waals surface area contributed by atoms with Gasteiger partial charge < -0.3 is 20.1 Å². The van der Waals surface area contributed by atoms with Gasteiger partial charge in [0.05, 0.1) is 14.2 Å². The Kier molecular flexibility index (Phi) is 4.90. The van der Waals surface area contributed by atoms with Crippen molar-refractivity contribution < 1.29 is 13.9 Å². The molecule has 0 saturated carbocycles. The zero-order chi connectivity index (χ0) is 17.1. The lowest BCUT2D eigenvalue weighted by Gasteiger charge is -2.38. The third-order valence-electron chi connectivity index (χ3n) is 4.54. The SMILES string of the molecule is COc1ccc(C2CC(N)CN(c3cccc(F)c3)C2)cc1OC. The molecule has 2 atom stereocenters. The topological polar surface area (TPSA) is 47.7 Å². The van der Waals surface area contributed by atoms with Gasteiger partial charge in [-0.05, 0) is 42.3 Å². The van der Waals surface area contributed by atoms with Gasteiger partial charge in [-0.1, -0.05) is 12.1 Å². The van der Waals surface area contributed by atoms with Crippen molar-refractivity contribution in [3.8, 4) is 11.5 Å². The van der Waals surface area contributed by atoms with Gasteiger partial charge in [-0.25, -0.2) is 4.39 Å². The quantitative estimate of drug-likeness (QED) is 0.935. The van der Waals surface area contributed by atoms with Gasteiger partial charge in [-0.2, -0.15) is 0 Å². The fourth-order valence-electron chi connectivity index (χ4n) is 3.37. The van der Waals surface area contributed by atoms with Crippen molar-refractivity contribution in [1.29, 1.82) is 0 Å². The van der Waals surface area contributed by atoms with Gasteiger partial charge in [-0.3, -0.25) is 0 Å². The largest absolute Gasteiger partial charge is 0.493 e. The Bertz CT molecular complexity index is 708. The monoisotopic (exact) mass is 330 g/mol. The van der Waals surface area contributed by atoms with Crippen LogP contribution in [-0.4, -0.2) is 33.4 Å². The molecule has 128 valence electrons. The first kappa shape index (κ1) is 16.6. The molecule has 5 heteroatoms. The average molecular weight is 330 g/mol. The summed E-state index contributed by atoms with van der Waals surface area (Å²) in [5.41, 5.74) is 8.29. The smallest absolute Gasteiger partial charge is 0.160 e. The van der Waals surface area contributed by atoms with Crippen LogP contribution in [0.3, 0.4) is 0 Å². The van der Waals surface area contributed by atoms with E-state index in [0.29, 0.717) is 11.5 Å². The predicted octanol–water partition coefficient (Wildman–Crippen LogP) is 3.16. The molecule has 1 aliphatic rings. The van der Waals surface area contributed by atoms with E-state index in [1.807, 2.05) is 24.3 Å². The highest BCUT2D eigenvalue weighted by atomic mass is 19.1. The van der Waals surface area contributed by atoms with Crippen LogP contribution in [0.4, 0.5) is 10.1 Å². The van der Waals surface area contributed by atoms with E-state index >= 15 is 0 Å². The minimum absolute atomic E-state index is 0.0418. The highest BCUT2D eigenvalue weighted by Crippen LogP contribution is 2.35. The lowest BCUT2D eigenvalue weighted by Crippen LogP contribution is -2.46. The van der Waals surface area contributed by atoms with Crippen molar-refractivity contribution >= 4 is 5.69 Å². The minimum atomic E-state index is -0.227. The summed E-state index contributed by atoms with van der Waals surface area (Å²) >= 11 is 0. The van der Waals surface area contributed by atoms with Crippen LogP contribution >= 0.6 is 0 Å². The number of hydrogen-bond acceptors (Lipinski definition) is 4. The van der Waals surface area contributed by atoms with Gasteiger partial charge >= 0.3 is 0 Å². The maximum Gasteiger partial charge on any atom is 0.160 e. The van der Waals surface area contributed by atoms with Gasteiger partial charge in [0.15, 0.2) is 11.5 Å². The summed E-state index contributed by atoms with van der Waals surface area (Å²) in [5, 5.41) is 0. The number of nitrogens with two attached hydrogens (primary N) is 1. The molecule has 1 heterocycles. The molecule has 2 N–H and O–H groups in total. The lowest BCUT2D eigenvalue weighted by molar-refractivity contribution is 0.353. The van der Waals surface area contributed by atoms with Gasteiger partial charge in [0.2, 0.25) is 0 Å². The van der Waals surface area contributed by atoms with Crippen LogP contribution in [-0.2, 0) is 0 Å². The van der Waals surface area contributed by atoms with Crippen molar-refractivity contribution in [2.75, 3.05) is 32.2 Å². The summed E-state index contributed by atoms with van der Waals surface area (Å²) in [4.78, 5) is 2.15. The zero-order valence-electron chi connectivity index (χ0n) is 14.0. The Morgan fingerprint density at radius 1 is 1.04 bits per heavy atom. The van der Waals surface area contributed by atoms with Crippen LogP contribution in [0, 0.1) is 5.82 Å². The summed E-state index contributed by atoms with van der Waals surface area (Å²) in [6, 6.07) is 12.7. The normalized spacial score (nSPS) is 20.8. The molecule has 1 fully saturated rings. The molecular weight excluding hydrogens is 307 g/mol. The summed E-state index contributed by atoms with van der Waals surface area (Å²) in [5.74, 6) is 1.46. The number of halogens is 1. The van der Waals surface area contributed by atoms with E-state index in [1.54, 1.807) is 26.4 Å². The first-order chi connectivity index (χ1) is 11.6. The molecule has 2 aromatic rings. The Labute approximate surface area is 142 Å². The molecule has 2 unspecified atom stereocenters. The fourth-order valence-corrected chi connectivity index (χ4v) is 3.37. The molecule has 1 saturated heterocycles. The molecule has 0 aromatic heterocycles. The summed E-state index contributed by atoms with van der Waals surface area (Å²) in [6.07, 6.45) is 0.890. The highest BCUT2D eigenvalue weighted by Gasteiger charge is 2.27. The number of piperidine rings is 1. The lowest BCUT2D eigenvalue weighted by atomic mass is 9.88. The molecule has 0 radical (unpaired) electrons. The molecular formula is C19H23FN2O2. The second kappa shape index (κ2) is 7.09. The number of methoxy groups -OCH3 is 2. The number of ether oxygens (including phenoxy) is 2. The predicted molar refractivity (Wildman–Crippen MR) is 93.5 cm³/mol. The van der Waals surface area contributed by atoms with Crippen LogP contribution in [0.15, 0.2) is 42.5 Å². The van der Waals surface area contributed by atoms with Crippen LogP contribution < -0.4 is 20.1 Å². The van der Waals surface area contributed by atoms with Crippen molar-refractivity contribution in [2.45, 2.75) is 18.4 Å². The third kappa shape index (κ3) is 3.46. The number of nitrogens with zero attached hydrogens (tertiary/aromatic N) is 1. The standard InChI is InChI=1S/C19H23FN2O2/c1-23-18-7-6-13(9-19(18)24-2)14-8-16(21)12-22(11-14)17-5-3-4-15(20)10-17/h3-7,9-10,14,16H,8,11-12,21H2,1-2H3. The van der Waals surface area contributed by atoms with Crippen molar-refractivity contribution in [2.24, 2.45) is 5.73 Å². The first-order valence-electron chi connectivity index (χ1n) is 8.08. The van der Waals surface area contributed by atoms with Gasteiger partial charge in [0.25, 0.3) is 0 Å². The van der Waals surface area contributed by atoms with E-state index in [4.69, 9.17) is 15.2 Å². The molecule has 3 rings (SSSR count). The van der Waals surface area contributed by atoms with E-state index in [9.17, 15) is 4.39 Å². The maximum absolute atomic E-state index is 13.5. The number of hydrogen-bond donors (Lipinski definition) is 1. The van der Waals surface area contributed by atoms with E-state index in [2.05, 4.69) is 4.90 Å². The van der Waals surface area contributed by atoms with Crippen LogP contribution in [0.25, 0.3) is 0 Å². The molecule has 2 aromatic carbocycles. The Hall–Kier alpha value is -2.27. The molecule has 0 spiro atoms. The van der Waals surface area contributed by atoms with E-state index in [1.165, 1.54) is 6.07 Å². The Morgan fingerprint density at radius 2 is 1.83 bits per heavy atom. The minimum Gasteiger partial charge on any atom is -0.493 e. The summed E-state index contributed by atoms with van der Waals surface area (Å²) < 4.78 is 24.2. The zero-order valence-corrected chi connectivity index (χ0v) is 14.0. The third-order valence-corrected chi connectivity index (χ3v) is 4.54. The second-order valence-electron chi connectivity index (χ2n) is 6.19. The van der Waals surface area contributed by atoms with Crippen molar-refractivity contribution in [1.82, 2.24) is 0 Å². The molecule has 1 aliphatic heterocycles. The highest BCUT2D eigenvalue weighted by molar-refractivity contribution is 5.49. The molecule has 24 heavy (non-hydrogen) atoms. The van der Waals surface area contributed by atoms with Crippen LogP contribution in [0.5, 0.6) is 11.5 Å². The average Bonchev–Trinajstić information content (AvgIpc) is 2.60. The summed E-state index contributed by atoms with van der Waals surface area (Å²) in [6.45, 7) is 1.53. The fraction of sp³-hybridized carbons (Fsp3) is 0.368. The maximum atomic E-state index is 13.5. The summed E-state index contributed by atoms with van der Waals surface area (Å²) in [7, 11) is 3.26. The number of rotatable bonds is 4. The number of benzene rings is 2. The Morgan fingerprint density at radius 3 is 2.54 bits per heavy atom. The second-order valence-corrected chi connectivity index (χ2v) is 6.19. The van der Waals surface area contributed by atoms with E-state index < -0.39 is 0 Å². The van der Waals surface area contributed by atoms with E-state index in [-0.39, 0.29) is 17.8 Å². The van der Waals surface area contributed by atoms with Crippen LogP contribution in [0.2, 0.25) is 0 Å². The van der Waals surface area contributed by atoms with Crippen molar-refractivity contribution in [3.05, 3.63) is 53.8 Å². The van der Waals surface area contributed by atoms with Gasteiger partial charge in [0.1, 0.15) is 5.82 Å². The van der Waals surface area contributed by atoms with E-state index in [0.717, 1.165) is 30.8 Å². The number of anilines is 1.